The van der Waals surface area contributed by atoms with Crippen molar-refractivity contribution in [1.29, 1.82) is 0 Å². The van der Waals surface area contributed by atoms with Crippen LogP contribution in [0.2, 0.25) is 5.02 Å². The van der Waals surface area contributed by atoms with Gasteiger partial charge in [0, 0.05) is 28.2 Å². The third-order valence-electron chi connectivity index (χ3n) is 4.85. The first-order valence-corrected chi connectivity index (χ1v) is 10.1. The summed E-state index contributed by atoms with van der Waals surface area (Å²) in [5.41, 5.74) is 2.72. The molecular formula is C24H18ClN3O4. The number of aromatic carboxylic acids is 1. The first kappa shape index (κ1) is 21.3. The van der Waals surface area contributed by atoms with E-state index in [2.05, 4.69) is 15.3 Å². The SMILES string of the molecule is Cc1cccc2c(C(=O)Nc3ccc(C(=O)O)cn3)cc(OCc3ccccc3Cl)nc12. The lowest BCUT2D eigenvalue weighted by molar-refractivity contribution is 0.0696. The molecule has 0 unspecified atom stereocenters. The van der Waals surface area contributed by atoms with Crippen LogP contribution in [0.15, 0.2) is 66.9 Å². The zero-order chi connectivity index (χ0) is 22.7. The third kappa shape index (κ3) is 4.53. The number of halogens is 1. The monoisotopic (exact) mass is 447 g/mol. The van der Waals surface area contributed by atoms with Gasteiger partial charge in [0.1, 0.15) is 12.4 Å². The van der Waals surface area contributed by atoms with Crippen molar-refractivity contribution in [3.05, 3.63) is 94.1 Å². The van der Waals surface area contributed by atoms with E-state index >= 15 is 0 Å². The number of ether oxygens (including phenoxy) is 1. The van der Waals surface area contributed by atoms with Crippen molar-refractivity contribution in [3.8, 4) is 5.88 Å². The second-order valence-corrected chi connectivity index (χ2v) is 7.46. The lowest BCUT2D eigenvalue weighted by Crippen LogP contribution is -2.14. The van der Waals surface area contributed by atoms with Crippen molar-refractivity contribution >= 4 is 40.2 Å². The van der Waals surface area contributed by atoms with Crippen LogP contribution in [0.3, 0.4) is 0 Å². The average Bonchev–Trinajstić information content (AvgIpc) is 2.79. The highest BCUT2D eigenvalue weighted by molar-refractivity contribution is 6.31. The summed E-state index contributed by atoms with van der Waals surface area (Å²) in [6.07, 6.45) is 1.19. The molecule has 2 heterocycles. The molecule has 0 saturated carbocycles. The second kappa shape index (κ2) is 9.03. The van der Waals surface area contributed by atoms with E-state index in [9.17, 15) is 9.59 Å². The largest absolute Gasteiger partial charge is 0.478 e. The number of carbonyl (C=O) groups excluding carboxylic acids is 1. The Morgan fingerprint density at radius 1 is 1.09 bits per heavy atom. The number of para-hydroxylation sites is 1. The van der Waals surface area contributed by atoms with Crippen molar-refractivity contribution in [2.75, 3.05) is 5.32 Å². The maximum Gasteiger partial charge on any atom is 0.337 e. The average molecular weight is 448 g/mol. The number of aryl methyl sites for hydroxylation is 1. The number of hydrogen-bond acceptors (Lipinski definition) is 5. The number of amides is 1. The Labute approximate surface area is 188 Å². The third-order valence-corrected chi connectivity index (χ3v) is 5.22. The minimum Gasteiger partial charge on any atom is -0.478 e. The molecule has 1 amide bonds. The summed E-state index contributed by atoms with van der Waals surface area (Å²) in [5.74, 6) is -0.991. The molecular weight excluding hydrogens is 430 g/mol. The van der Waals surface area contributed by atoms with Crippen LogP contribution in [0.25, 0.3) is 10.9 Å². The number of anilines is 1. The highest BCUT2D eigenvalue weighted by Crippen LogP contribution is 2.26. The normalized spacial score (nSPS) is 10.7. The summed E-state index contributed by atoms with van der Waals surface area (Å²) in [4.78, 5) is 32.6. The first-order valence-electron chi connectivity index (χ1n) is 9.69. The minimum atomic E-state index is -1.09. The number of nitrogens with one attached hydrogen (secondary N) is 1. The number of carbonyl (C=O) groups is 2. The first-order chi connectivity index (χ1) is 15.4. The summed E-state index contributed by atoms with van der Waals surface area (Å²) in [5, 5.41) is 12.9. The molecule has 0 aliphatic carbocycles. The molecule has 2 aromatic carbocycles. The van der Waals surface area contributed by atoms with E-state index in [-0.39, 0.29) is 23.9 Å². The summed E-state index contributed by atoms with van der Waals surface area (Å²) >= 11 is 6.21. The van der Waals surface area contributed by atoms with Gasteiger partial charge in [0.2, 0.25) is 5.88 Å². The number of fused-ring (bicyclic) bond motifs is 1. The summed E-state index contributed by atoms with van der Waals surface area (Å²) < 4.78 is 5.86. The van der Waals surface area contributed by atoms with Crippen LogP contribution >= 0.6 is 11.6 Å². The van der Waals surface area contributed by atoms with Gasteiger partial charge in [-0.1, -0.05) is 48.0 Å². The molecule has 0 fully saturated rings. The highest BCUT2D eigenvalue weighted by atomic mass is 35.5. The van der Waals surface area contributed by atoms with Crippen LogP contribution in [0.1, 0.15) is 31.8 Å². The van der Waals surface area contributed by atoms with Crippen LogP contribution in [0, 0.1) is 6.92 Å². The maximum absolute atomic E-state index is 13.1. The predicted octanol–water partition coefficient (Wildman–Crippen LogP) is 5.12. The molecule has 4 rings (SSSR count). The van der Waals surface area contributed by atoms with E-state index in [1.165, 1.54) is 18.3 Å². The molecule has 0 aliphatic rings. The van der Waals surface area contributed by atoms with Crippen LogP contribution in [0.5, 0.6) is 5.88 Å². The zero-order valence-electron chi connectivity index (χ0n) is 17.0. The fourth-order valence-electron chi connectivity index (χ4n) is 3.18. The number of carboxylic acids is 1. The molecule has 2 aromatic heterocycles. The van der Waals surface area contributed by atoms with Gasteiger partial charge in [-0.25, -0.2) is 14.8 Å². The van der Waals surface area contributed by atoms with Crippen LogP contribution in [-0.4, -0.2) is 27.0 Å². The van der Waals surface area contributed by atoms with Crippen molar-refractivity contribution in [2.24, 2.45) is 0 Å². The van der Waals surface area contributed by atoms with Crippen LogP contribution in [-0.2, 0) is 6.61 Å². The maximum atomic E-state index is 13.1. The molecule has 0 aliphatic heterocycles. The Morgan fingerprint density at radius 2 is 1.91 bits per heavy atom. The lowest BCUT2D eigenvalue weighted by Gasteiger charge is -2.13. The lowest BCUT2D eigenvalue weighted by atomic mass is 10.1. The topological polar surface area (TPSA) is 101 Å². The van der Waals surface area contributed by atoms with E-state index < -0.39 is 11.9 Å². The Hall–Kier alpha value is -3.97. The van der Waals surface area contributed by atoms with Crippen LogP contribution in [0.4, 0.5) is 5.82 Å². The van der Waals surface area contributed by atoms with E-state index in [0.29, 0.717) is 21.5 Å². The van der Waals surface area contributed by atoms with E-state index in [0.717, 1.165) is 11.1 Å². The summed E-state index contributed by atoms with van der Waals surface area (Å²) in [6, 6.07) is 17.3. The smallest absolute Gasteiger partial charge is 0.337 e. The second-order valence-electron chi connectivity index (χ2n) is 7.05. The molecule has 160 valence electrons. The van der Waals surface area contributed by atoms with Gasteiger partial charge in [-0.3, -0.25) is 4.79 Å². The van der Waals surface area contributed by atoms with Gasteiger partial charge in [0.25, 0.3) is 5.91 Å². The number of carboxylic acid groups (broad SMARTS) is 1. The standard InChI is InChI=1S/C24H18ClN3O4/c1-14-5-4-7-17-18(23(29)27-20-10-9-15(12-26-20)24(30)31)11-21(28-22(14)17)32-13-16-6-2-3-8-19(16)25/h2-12H,13H2,1H3,(H,30,31)(H,26,27,29). The van der Waals surface area contributed by atoms with Gasteiger partial charge >= 0.3 is 5.97 Å². The molecule has 2 N–H and O–H groups in total. The van der Waals surface area contributed by atoms with Crippen molar-refractivity contribution in [3.63, 3.8) is 0 Å². The summed E-state index contributed by atoms with van der Waals surface area (Å²) in [6.45, 7) is 2.10. The molecule has 4 aromatic rings. The van der Waals surface area contributed by atoms with Gasteiger partial charge in [0.15, 0.2) is 0 Å². The number of aromatic nitrogens is 2. The molecule has 0 bridgehead atoms. The van der Waals surface area contributed by atoms with Gasteiger partial charge in [-0.15, -0.1) is 0 Å². The van der Waals surface area contributed by atoms with E-state index in [4.69, 9.17) is 21.4 Å². The van der Waals surface area contributed by atoms with E-state index in [1.54, 1.807) is 12.1 Å². The van der Waals surface area contributed by atoms with Gasteiger partial charge in [-0.2, -0.15) is 0 Å². The molecule has 32 heavy (non-hydrogen) atoms. The Balaban J connectivity index is 1.66. The quantitative estimate of drug-likeness (QED) is 0.425. The molecule has 0 atom stereocenters. The van der Waals surface area contributed by atoms with E-state index in [1.807, 2.05) is 43.3 Å². The Morgan fingerprint density at radius 3 is 2.62 bits per heavy atom. The zero-order valence-corrected chi connectivity index (χ0v) is 17.8. The summed E-state index contributed by atoms with van der Waals surface area (Å²) in [7, 11) is 0. The molecule has 8 heteroatoms. The number of nitrogens with zero attached hydrogens (tertiary/aromatic N) is 2. The fraction of sp³-hybridized carbons (Fsp3) is 0.0833. The van der Waals surface area contributed by atoms with Crippen molar-refractivity contribution in [2.45, 2.75) is 13.5 Å². The molecule has 0 saturated heterocycles. The number of benzene rings is 2. The Bertz CT molecular complexity index is 1320. The van der Waals surface area contributed by atoms with Crippen LogP contribution < -0.4 is 10.1 Å². The minimum absolute atomic E-state index is 0.0308. The Kier molecular flexibility index (Phi) is 6.00. The van der Waals surface area contributed by atoms with Crippen molar-refractivity contribution in [1.82, 2.24) is 9.97 Å². The number of pyridine rings is 2. The van der Waals surface area contributed by atoms with Gasteiger partial charge < -0.3 is 15.2 Å². The number of hydrogen-bond donors (Lipinski definition) is 2. The van der Waals surface area contributed by atoms with Gasteiger partial charge in [-0.05, 0) is 30.7 Å². The fourth-order valence-corrected chi connectivity index (χ4v) is 3.37. The molecule has 7 nitrogen and oxygen atoms in total. The molecule has 0 radical (unpaired) electrons. The van der Waals surface area contributed by atoms with Gasteiger partial charge in [0.05, 0.1) is 16.6 Å². The molecule has 0 spiro atoms. The number of rotatable bonds is 6. The van der Waals surface area contributed by atoms with Crippen molar-refractivity contribution < 1.29 is 19.4 Å². The highest BCUT2D eigenvalue weighted by Gasteiger charge is 2.16. The predicted molar refractivity (Wildman–Crippen MR) is 121 cm³/mol.